The topological polar surface area (TPSA) is 43.9 Å². The second kappa shape index (κ2) is 5.48. The van der Waals surface area contributed by atoms with Gasteiger partial charge in [0.25, 0.3) is 5.22 Å². The van der Waals surface area contributed by atoms with E-state index in [1.54, 1.807) is 11.8 Å². The van der Waals surface area contributed by atoms with Crippen molar-refractivity contribution in [1.82, 2.24) is 14.8 Å². The first-order valence-corrected chi connectivity index (χ1v) is 7.57. The summed E-state index contributed by atoms with van der Waals surface area (Å²) in [6.07, 6.45) is 0.927. The van der Waals surface area contributed by atoms with Crippen molar-refractivity contribution >= 4 is 27.7 Å². The molecule has 2 rings (SSSR count). The van der Waals surface area contributed by atoms with Gasteiger partial charge in [0.15, 0.2) is 0 Å². The number of nitrogens with zero attached hydrogens (tertiary/aromatic N) is 3. The van der Waals surface area contributed by atoms with Crippen molar-refractivity contribution < 1.29 is 4.42 Å². The van der Waals surface area contributed by atoms with Crippen LogP contribution in [-0.2, 0) is 19.2 Å². The van der Waals surface area contributed by atoms with Crippen molar-refractivity contribution in [3.05, 3.63) is 27.3 Å². The minimum atomic E-state index is 0.719. The van der Waals surface area contributed by atoms with E-state index >= 15 is 0 Å². The van der Waals surface area contributed by atoms with Gasteiger partial charge in [0.05, 0.1) is 21.6 Å². The number of halogens is 1. The number of thioether (sulfide) groups is 1. The van der Waals surface area contributed by atoms with Crippen LogP contribution in [0.5, 0.6) is 0 Å². The standard InChI is InChI=1S/C12H16BrN3OS/c1-5-9-11(13)10(16(4)15-9)6-18-12-14-7(2)8(3)17-12/h5-6H2,1-4H3. The Balaban J connectivity index is 2.13. The van der Waals surface area contributed by atoms with Gasteiger partial charge < -0.3 is 4.42 Å². The third-order valence-electron chi connectivity index (χ3n) is 2.84. The minimum absolute atomic E-state index is 0.719. The molecule has 2 heterocycles. The monoisotopic (exact) mass is 329 g/mol. The van der Waals surface area contributed by atoms with Crippen LogP contribution in [0.4, 0.5) is 0 Å². The lowest BCUT2D eigenvalue weighted by atomic mass is 10.3. The molecule has 4 nitrogen and oxygen atoms in total. The molecule has 0 fully saturated rings. The molecular formula is C12H16BrN3OS. The summed E-state index contributed by atoms with van der Waals surface area (Å²) < 4.78 is 8.57. The molecule has 0 amide bonds. The SMILES string of the molecule is CCc1nn(C)c(CSc2nc(C)c(C)o2)c1Br. The molecule has 0 saturated carbocycles. The van der Waals surface area contributed by atoms with E-state index in [1.165, 1.54) is 0 Å². The molecule has 0 aromatic carbocycles. The highest BCUT2D eigenvalue weighted by molar-refractivity contribution is 9.10. The van der Waals surface area contributed by atoms with Gasteiger partial charge in [0.1, 0.15) is 5.76 Å². The van der Waals surface area contributed by atoms with Gasteiger partial charge in [-0.1, -0.05) is 18.7 Å². The largest absolute Gasteiger partial charge is 0.437 e. The van der Waals surface area contributed by atoms with E-state index in [0.29, 0.717) is 0 Å². The minimum Gasteiger partial charge on any atom is -0.437 e. The first-order valence-electron chi connectivity index (χ1n) is 5.80. The van der Waals surface area contributed by atoms with Crippen LogP contribution in [-0.4, -0.2) is 14.8 Å². The zero-order valence-corrected chi connectivity index (χ0v) is 13.4. The van der Waals surface area contributed by atoms with Gasteiger partial charge >= 0.3 is 0 Å². The average molecular weight is 330 g/mol. The fourth-order valence-electron chi connectivity index (χ4n) is 1.61. The maximum atomic E-state index is 5.56. The second-order valence-electron chi connectivity index (χ2n) is 4.09. The Labute approximate surface area is 119 Å². The summed E-state index contributed by atoms with van der Waals surface area (Å²) in [4.78, 5) is 4.36. The second-order valence-corrected chi connectivity index (χ2v) is 5.81. The molecule has 2 aromatic heterocycles. The molecule has 0 unspecified atom stereocenters. The summed E-state index contributed by atoms with van der Waals surface area (Å²) in [5.41, 5.74) is 3.20. The fraction of sp³-hybridized carbons (Fsp3) is 0.500. The van der Waals surface area contributed by atoms with Gasteiger partial charge in [-0.2, -0.15) is 5.10 Å². The van der Waals surface area contributed by atoms with Gasteiger partial charge in [-0.15, -0.1) is 0 Å². The van der Waals surface area contributed by atoms with Crippen molar-refractivity contribution in [1.29, 1.82) is 0 Å². The van der Waals surface area contributed by atoms with Gasteiger partial charge in [0, 0.05) is 12.8 Å². The van der Waals surface area contributed by atoms with Crippen molar-refractivity contribution in [2.24, 2.45) is 7.05 Å². The summed E-state index contributed by atoms with van der Waals surface area (Å²) in [5.74, 6) is 1.68. The molecule has 0 aliphatic heterocycles. The van der Waals surface area contributed by atoms with Crippen LogP contribution in [0.15, 0.2) is 14.1 Å². The Morgan fingerprint density at radius 1 is 1.39 bits per heavy atom. The molecule has 0 N–H and O–H groups in total. The van der Waals surface area contributed by atoms with Crippen LogP contribution >= 0.6 is 27.7 Å². The smallest absolute Gasteiger partial charge is 0.256 e. The molecule has 6 heteroatoms. The molecule has 0 spiro atoms. The normalized spacial score (nSPS) is 11.2. The lowest BCUT2D eigenvalue weighted by molar-refractivity contribution is 0.431. The molecule has 0 aliphatic carbocycles. The summed E-state index contributed by atoms with van der Waals surface area (Å²) in [6, 6.07) is 0. The molecule has 0 radical (unpaired) electrons. The first kappa shape index (κ1) is 13.7. The van der Waals surface area contributed by atoms with Crippen LogP contribution in [0, 0.1) is 13.8 Å². The quantitative estimate of drug-likeness (QED) is 0.803. The lowest BCUT2D eigenvalue weighted by Gasteiger charge is -2.00. The molecule has 98 valence electrons. The number of aryl methyl sites for hydroxylation is 4. The van der Waals surface area contributed by atoms with Crippen LogP contribution in [0.2, 0.25) is 0 Å². The van der Waals surface area contributed by atoms with E-state index in [2.05, 4.69) is 32.9 Å². The average Bonchev–Trinajstić information content (AvgIpc) is 2.78. The maximum Gasteiger partial charge on any atom is 0.256 e. The maximum absolute atomic E-state index is 5.56. The summed E-state index contributed by atoms with van der Waals surface area (Å²) in [5, 5.41) is 5.19. The molecule has 0 saturated heterocycles. The van der Waals surface area contributed by atoms with E-state index < -0.39 is 0 Å². The van der Waals surface area contributed by atoms with Crippen LogP contribution in [0.25, 0.3) is 0 Å². The number of oxazole rings is 1. The molecule has 18 heavy (non-hydrogen) atoms. The molecule has 0 atom stereocenters. The van der Waals surface area contributed by atoms with Crippen LogP contribution in [0.3, 0.4) is 0 Å². The Morgan fingerprint density at radius 2 is 2.11 bits per heavy atom. The Bertz CT molecular complexity index is 542. The van der Waals surface area contributed by atoms with Gasteiger partial charge in [-0.05, 0) is 36.2 Å². The van der Waals surface area contributed by atoms with E-state index in [-0.39, 0.29) is 0 Å². The predicted octanol–water partition coefficient (Wildman–Crippen LogP) is 3.64. The van der Waals surface area contributed by atoms with Gasteiger partial charge in [0.2, 0.25) is 0 Å². The highest BCUT2D eigenvalue weighted by Gasteiger charge is 2.14. The van der Waals surface area contributed by atoms with E-state index in [1.807, 2.05) is 25.6 Å². The molecule has 0 bridgehead atoms. The zero-order valence-electron chi connectivity index (χ0n) is 11.0. The van der Waals surface area contributed by atoms with Crippen LogP contribution in [0.1, 0.15) is 29.8 Å². The Hall–Kier alpha value is -0.750. The summed E-state index contributed by atoms with van der Waals surface area (Å²) in [7, 11) is 1.96. The number of hydrogen-bond donors (Lipinski definition) is 0. The Morgan fingerprint density at radius 3 is 2.61 bits per heavy atom. The van der Waals surface area contributed by atoms with Gasteiger partial charge in [-0.25, -0.2) is 4.98 Å². The summed E-state index contributed by atoms with van der Waals surface area (Å²) in [6.45, 7) is 5.99. The van der Waals surface area contributed by atoms with Crippen molar-refractivity contribution in [2.75, 3.05) is 0 Å². The van der Waals surface area contributed by atoms with Crippen molar-refractivity contribution in [3.8, 4) is 0 Å². The predicted molar refractivity (Wildman–Crippen MR) is 75.8 cm³/mol. The van der Waals surface area contributed by atoms with E-state index in [4.69, 9.17) is 4.42 Å². The first-order chi connectivity index (χ1) is 8.52. The van der Waals surface area contributed by atoms with Gasteiger partial charge in [-0.3, -0.25) is 4.68 Å². The molecular weight excluding hydrogens is 314 g/mol. The van der Waals surface area contributed by atoms with E-state index in [9.17, 15) is 0 Å². The highest BCUT2D eigenvalue weighted by atomic mass is 79.9. The van der Waals surface area contributed by atoms with Crippen molar-refractivity contribution in [3.63, 3.8) is 0 Å². The molecule has 0 aliphatic rings. The van der Waals surface area contributed by atoms with E-state index in [0.717, 1.165) is 44.7 Å². The fourth-order valence-corrected chi connectivity index (χ4v) is 3.53. The number of hydrogen-bond acceptors (Lipinski definition) is 4. The Kier molecular flexibility index (Phi) is 4.17. The summed E-state index contributed by atoms with van der Waals surface area (Å²) >= 11 is 5.20. The number of rotatable bonds is 4. The molecule has 2 aromatic rings. The zero-order chi connectivity index (χ0) is 13.3. The third-order valence-corrected chi connectivity index (χ3v) is 4.60. The third kappa shape index (κ3) is 2.64. The van der Waals surface area contributed by atoms with Crippen LogP contribution < -0.4 is 0 Å². The van der Waals surface area contributed by atoms with Crippen molar-refractivity contribution in [2.45, 2.75) is 38.2 Å². The lowest BCUT2D eigenvalue weighted by Crippen LogP contribution is -1.96. The number of aromatic nitrogens is 3. The highest BCUT2D eigenvalue weighted by Crippen LogP contribution is 2.29.